The van der Waals surface area contributed by atoms with Gasteiger partial charge in [0.1, 0.15) is 11.3 Å². The Morgan fingerprint density at radius 3 is 2.45 bits per heavy atom. The summed E-state index contributed by atoms with van der Waals surface area (Å²) in [5.74, 6) is 0.629. The van der Waals surface area contributed by atoms with Crippen LogP contribution in [0.5, 0.6) is 5.75 Å². The highest BCUT2D eigenvalue weighted by atomic mass is 32.2. The van der Waals surface area contributed by atoms with Gasteiger partial charge in [-0.15, -0.1) is 0 Å². The topological polar surface area (TPSA) is 80.1 Å². The summed E-state index contributed by atoms with van der Waals surface area (Å²) >= 11 is 0. The molecule has 33 heavy (non-hydrogen) atoms. The molecule has 3 aromatic rings. The van der Waals surface area contributed by atoms with Gasteiger partial charge < -0.3 is 9.15 Å². The van der Waals surface area contributed by atoms with Crippen LogP contribution in [0.1, 0.15) is 29.5 Å². The molecule has 0 unspecified atom stereocenters. The second-order valence-corrected chi connectivity index (χ2v) is 10.7. The molecule has 0 bridgehead atoms. The van der Waals surface area contributed by atoms with Crippen LogP contribution in [0.2, 0.25) is 0 Å². The zero-order valence-electron chi connectivity index (χ0n) is 18.7. The average Bonchev–Trinajstić information content (AvgIpc) is 2.83. The molecular weight excluding hydrogens is 440 g/mol. The molecule has 2 heterocycles. The predicted molar refractivity (Wildman–Crippen MR) is 126 cm³/mol. The molecule has 1 aliphatic carbocycles. The van der Waals surface area contributed by atoms with E-state index in [9.17, 15) is 13.2 Å². The Balaban J connectivity index is 1.30. The van der Waals surface area contributed by atoms with Gasteiger partial charge in [-0.05, 0) is 66.6 Å². The van der Waals surface area contributed by atoms with Crippen LogP contribution in [0.3, 0.4) is 0 Å². The maximum atomic E-state index is 13.3. The molecule has 1 aromatic heterocycles. The van der Waals surface area contributed by atoms with Crippen LogP contribution in [-0.2, 0) is 29.4 Å². The molecule has 5 rings (SSSR count). The van der Waals surface area contributed by atoms with Crippen molar-refractivity contribution < 1.29 is 17.6 Å². The molecule has 0 atom stereocenters. The van der Waals surface area contributed by atoms with E-state index in [4.69, 9.17) is 9.15 Å². The molecule has 7 nitrogen and oxygen atoms in total. The number of rotatable bonds is 5. The molecule has 174 valence electrons. The minimum atomic E-state index is -3.51. The van der Waals surface area contributed by atoms with Gasteiger partial charge in [0.05, 0.1) is 12.0 Å². The molecule has 2 aliphatic rings. The van der Waals surface area contributed by atoms with Gasteiger partial charge in [0, 0.05) is 50.2 Å². The smallest absolute Gasteiger partial charge is 0.336 e. The van der Waals surface area contributed by atoms with Crippen LogP contribution < -0.4 is 10.4 Å². The Hall–Kier alpha value is -2.68. The van der Waals surface area contributed by atoms with E-state index in [1.54, 1.807) is 23.5 Å². The van der Waals surface area contributed by atoms with Gasteiger partial charge >= 0.3 is 5.63 Å². The number of aryl methyl sites for hydroxylation is 2. The lowest BCUT2D eigenvalue weighted by Gasteiger charge is -2.34. The maximum absolute atomic E-state index is 13.3. The number of sulfonamides is 1. The van der Waals surface area contributed by atoms with Gasteiger partial charge in [-0.1, -0.05) is 6.07 Å². The maximum Gasteiger partial charge on any atom is 0.336 e. The van der Waals surface area contributed by atoms with Crippen molar-refractivity contribution in [1.29, 1.82) is 0 Å². The van der Waals surface area contributed by atoms with Gasteiger partial charge in [-0.2, -0.15) is 4.31 Å². The molecule has 0 amide bonds. The van der Waals surface area contributed by atoms with Crippen LogP contribution in [-0.4, -0.2) is 50.9 Å². The van der Waals surface area contributed by atoms with Gasteiger partial charge in [-0.3, -0.25) is 4.90 Å². The Morgan fingerprint density at radius 1 is 0.939 bits per heavy atom. The number of benzene rings is 2. The van der Waals surface area contributed by atoms with Crippen molar-refractivity contribution in [3.63, 3.8) is 0 Å². The van der Waals surface area contributed by atoms with Crippen molar-refractivity contribution in [2.45, 2.75) is 37.1 Å². The normalized spacial score (nSPS) is 17.7. The first-order valence-corrected chi connectivity index (χ1v) is 12.8. The van der Waals surface area contributed by atoms with Crippen molar-refractivity contribution in [3.8, 4) is 5.75 Å². The fourth-order valence-electron chi connectivity index (χ4n) is 4.86. The van der Waals surface area contributed by atoms with Crippen LogP contribution in [0.15, 0.2) is 56.6 Å². The molecule has 0 radical (unpaired) electrons. The third kappa shape index (κ3) is 4.43. The molecular formula is C25H28N2O5S. The molecule has 1 aliphatic heterocycles. The van der Waals surface area contributed by atoms with Crippen molar-refractivity contribution in [2.75, 3.05) is 33.3 Å². The number of fused-ring (bicyclic) bond motifs is 2. The molecule has 2 aromatic carbocycles. The first-order chi connectivity index (χ1) is 15.9. The van der Waals surface area contributed by atoms with Gasteiger partial charge in [0.15, 0.2) is 0 Å². The highest BCUT2D eigenvalue weighted by Gasteiger charge is 2.29. The van der Waals surface area contributed by atoms with E-state index >= 15 is 0 Å². The number of nitrogens with zero attached hydrogens (tertiary/aromatic N) is 2. The number of methoxy groups -OCH3 is 1. The second-order valence-electron chi connectivity index (χ2n) is 8.77. The summed E-state index contributed by atoms with van der Waals surface area (Å²) in [4.78, 5) is 14.7. The number of ether oxygens (including phenoxy) is 1. The molecule has 0 spiro atoms. The number of piperazine rings is 1. The first-order valence-electron chi connectivity index (χ1n) is 11.4. The third-order valence-corrected chi connectivity index (χ3v) is 8.61. The minimum Gasteiger partial charge on any atom is -0.497 e. The quantitative estimate of drug-likeness (QED) is 0.535. The summed E-state index contributed by atoms with van der Waals surface area (Å²) in [7, 11) is -1.94. The number of hydrogen-bond donors (Lipinski definition) is 0. The Labute approximate surface area is 193 Å². The lowest BCUT2D eigenvalue weighted by atomic mass is 9.92. The van der Waals surface area contributed by atoms with Crippen molar-refractivity contribution in [2.24, 2.45) is 0 Å². The lowest BCUT2D eigenvalue weighted by molar-refractivity contribution is 0.182. The third-order valence-electron chi connectivity index (χ3n) is 6.72. The van der Waals surface area contributed by atoms with Crippen molar-refractivity contribution in [3.05, 3.63) is 69.6 Å². The van der Waals surface area contributed by atoms with Crippen LogP contribution >= 0.6 is 0 Å². The van der Waals surface area contributed by atoms with Crippen LogP contribution in [0, 0.1) is 0 Å². The monoisotopic (exact) mass is 468 g/mol. The van der Waals surface area contributed by atoms with E-state index in [2.05, 4.69) is 4.90 Å². The van der Waals surface area contributed by atoms with E-state index in [-0.39, 0.29) is 0 Å². The average molecular weight is 469 g/mol. The summed E-state index contributed by atoms with van der Waals surface area (Å²) in [5, 5.41) is 0.861. The van der Waals surface area contributed by atoms with E-state index in [1.165, 1.54) is 23.6 Å². The SMILES string of the molecule is COc1ccc2c(CN3CCN(S(=O)(=O)c4ccc5c(c4)CCCC5)CC3)cc(=O)oc2c1. The van der Waals surface area contributed by atoms with Gasteiger partial charge in [0.2, 0.25) is 10.0 Å². The highest BCUT2D eigenvalue weighted by Crippen LogP contribution is 2.27. The highest BCUT2D eigenvalue weighted by molar-refractivity contribution is 7.89. The van der Waals surface area contributed by atoms with Crippen LogP contribution in [0.25, 0.3) is 11.0 Å². The summed E-state index contributed by atoms with van der Waals surface area (Å²) < 4.78 is 38.7. The Bertz CT molecular complexity index is 1340. The van der Waals surface area contributed by atoms with Crippen molar-refractivity contribution >= 4 is 21.0 Å². The summed E-state index contributed by atoms with van der Waals surface area (Å²) in [6, 6.07) is 12.6. The van der Waals surface area contributed by atoms with E-state index in [1.807, 2.05) is 24.3 Å². The van der Waals surface area contributed by atoms with Crippen LogP contribution in [0.4, 0.5) is 0 Å². The predicted octanol–water partition coefficient (Wildman–Crippen LogP) is 3.19. The summed E-state index contributed by atoms with van der Waals surface area (Å²) in [6.45, 7) is 2.60. The van der Waals surface area contributed by atoms with E-state index in [0.717, 1.165) is 30.2 Å². The van der Waals surface area contributed by atoms with Crippen molar-refractivity contribution in [1.82, 2.24) is 9.21 Å². The van der Waals surface area contributed by atoms with Gasteiger partial charge in [-0.25, -0.2) is 13.2 Å². The molecule has 0 N–H and O–H groups in total. The lowest BCUT2D eigenvalue weighted by Crippen LogP contribution is -2.48. The van der Waals surface area contributed by atoms with Gasteiger partial charge in [0.25, 0.3) is 0 Å². The summed E-state index contributed by atoms with van der Waals surface area (Å²) in [5.41, 5.74) is 3.41. The second kappa shape index (κ2) is 8.93. The largest absolute Gasteiger partial charge is 0.497 e. The Morgan fingerprint density at radius 2 is 1.70 bits per heavy atom. The standard InChI is InChI=1S/C25H28N2O5S/c1-31-21-7-9-23-20(15-25(28)32-24(23)16-21)17-26-10-12-27(13-11-26)33(29,30)22-8-6-18-4-2-3-5-19(18)14-22/h6-9,14-16H,2-5,10-13,17H2,1H3. The number of hydrogen-bond acceptors (Lipinski definition) is 6. The Kier molecular flexibility index (Phi) is 5.99. The molecule has 8 heteroatoms. The minimum absolute atomic E-state index is 0.400. The zero-order chi connectivity index (χ0) is 23.0. The first kappa shape index (κ1) is 22.1. The molecule has 1 fully saturated rings. The summed E-state index contributed by atoms with van der Waals surface area (Å²) in [6.07, 6.45) is 4.28. The molecule has 1 saturated heterocycles. The van der Waals surface area contributed by atoms with E-state index < -0.39 is 15.6 Å². The fourth-order valence-corrected chi connectivity index (χ4v) is 6.33. The fraction of sp³-hybridized carbons (Fsp3) is 0.400. The van der Waals surface area contributed by atoms with E-state index in [0.29, 0.717) is 49.0 Å². The molecule has 0 saturated carbocycles. The zero-order valence-corrected chi connectivity index (χ0v) is 19.6.